The fourth-order valence-corrected chi connectivity index (χ4v) is 3.95. The third-order valence-electron chi connectivity index (χ3n) is 4.18. The molecule has 9 heteroatoms. The number of rotatable bonds is 6. The summed E-state index contributed by atoms with van der Waals surface area (Å²) < 4.78 is 15.9. The molecule has 0 atom stereocenters. The summed E-state index contributed by atoms with van der Waals surface area (Å²) in [5, 5.41) is 0.413. The van der Waals surface area contributed by atoms with Gasteiger partial charge < -0.3 is 14.2 Å². The fourth-order valence-electron chi connectivity index (χ4n) is 2.79. The number of thioether (sulfide) groups is 1. The van der Waals surface area contributed by atoms with Crippen molar-refractivity contribution in [1.82, 2.24) is 4.90 Å². The van der Waals surface area contributed by atoms with Gasteiger partial charge in [0.05, 0.1) is 42.8 Å². The molecule has 0 N–H and O–H groups in total. The lowest BCUT2D eigenvalue weighted by molar-refractivity contribution is -0.123. The molecule has 1 saturated heterocycles. The summed E-state index contributed by atoms with van der Waals surface area (Å²) in [6, 6.07) is 8.39. The Labute approximate surface area is 182 Å². The molecule has 1 aliphatic heterocycles. The van der Waals surface area contributed by atoms with Crippen LogP contribution in [-0.2, 0) is 11.3 Å². The zero-order valence-electron chi connectivity index (χ0n) is 15.8. The lowest BCUT2D eigenvalue weighted by Gasteiger charge is -2.13. The van der Waals surface area contributed by atoms with Crippen LogP contribution >= 0.6 is 35.0 Å². The van der Waals surface area contributed by atoms with Crippen LogP contribution in [0.4, 0.5) is 4.79 Å². The van der Waals surface area contributed by atoms with Gasteiger partial charge in [0.15, 0.2) is 11.5 Å². The van der Waals surface area contributed by atoms with Gasteiger partial charge in [-0.3, -0.25) is 14.5 Å². The van der Waals surface area contributed by atoms with Crippen molar-refractivity contribution in [2.24, 2.45) is 0 Å². The molecule has 1 heterocycles. The number of methoxy groups -OCH3 is 3. The van der Waals surface area contributed by atoms with E-state index in [4.69, 9.17) is 37.4 Å². The molecule has 0 radical (unpaired) electrons. The molecule has 2 amide bonds. The number of benzene rings is 2. The van der Waals surface area contributed by atoms with Gasteiger partial charge in [0.2, 0.25) is 5.75 Å². The number of carbonyl (C=O) groups excluding carboxylic acids is 2. The van der Waals surface area contributed by atoms with Crippen LogP contribution in [0.3, 0.4) is 0 Å². The van der Waals surface area contributed by atoms with Gasteiger partial charge in [-0.25, -0.2) is 0 Å². The van der Waals surface area contributed by atoms with Crippen molar-refractivity contribution >= 4 is 52.2 Å². The Balaban J connectivity index is 1.89. The van der Waals surface area contributed by atoms with Gasteiger partial charge in [-0.2, -0.15) is 0 Å². The number of hydrogen-bond donors (Lipinski definition) is 0. The smallest absolute Gasteiger partial charge is 0.293 e. The number of imide groups is 1. The SMILES string of the molecule is COc1cc(/C=C2/SC(=O)N(Cc3ccc(Cl)c(Cl)c3)C2=O)cc(OC)c1OC. The van der Waals surface area contributed by atoms with Crippen molar-refractivity contribution in [2.45, 2.75) is 6.54 Å². The van der Waals surface area contributed by atoms with Crippen molar-refractivity contribution in [3.8, 4) is 17.2 Å². The molecule has 0 unspecified atom stereocenters. The summed E-state index contributed by atoms with van der Waals surface area (Å²) in [6.07, 6.45) is 1.62. The first-order valence-corrected chi connectivity index (χ1v) is 9.94. The van der Waals surface area contributed by atoms with Crippen molar-refractivity contribution in [1.29, 1.82) is 0 Å². The third kappa shape index (κ3) is 4.47. The molecule has 1 fully saturated rings. The Morgan fingerprint density at radius 1 is 0.966 bits per heavy atom. The number of hydrogen-bond acceptors (Lipinski definition) is 6. The Morgan fingerprint density at radius 3 is 2.17 bits per heavy atom. The number of carbonyl (C=O) groups is 2. The van der Waals surface area contributed by atoms with Crippen LogP contribution in [-0.4, -0.2) is 37.4 Å². The maximum absolute atomic E-state index is 12.8. The highest BCUT2D eigenvalue weighted by atomic mass is 35.5. The van der Waals surface area contributed by atoms with E-state index in [1.54, 1.807) is 36.4 Å². The third-order valence-corrected chi connectivity index (χ3v) is 5.83. The quantitative estimate of drug-likeness (QED) is 0.556. The predicted octanol–water partition coefficient (Wildman–Crippen LogP) is 5.26. The van der Waals surface area contributed by atoms with E-state index in [9.17, 15) is 9.59 Å². The second-order valence-corrected chi connectivity index (χ2v) is 7.78. The number of ether oxygens (including phenoxy) is 3. The molecule has 0 saturated carbocycles. The number of amides is 2. The topological polar surface area (TPSA) is 65.1 Å². The van der Waals surface area contributed by atoms with E-state index in [2.05, 4.69) is 0 Å². The van der Waals surface area contributed by atoms with Crippen LogP contribution < -0.4 is 14.2 Å². The monoisotopic (exact) mass is 453 g/mol. The van der Waals surface area contributed by atoms with Gasteiger partial charge in [-0.15, -0.1) is 0 Å². The Bertz CT molecular complexity index is 983. The van der Waals surface area contributed by atoms with Crippen LogP contribution in [0.15, 0.2) is 35.2 Å². The van der Waals surface area contributed by atoms with Crippen LogP contribution in [0, 0.1) is 0 Å². The second kappa shape index (κ2) is 8.98. The molecule has 0 spiro atoms. The van der Waals surface area contributed by atoms with Crippen molar-refractivity contribution < 1.29 is 23.8 Å². The summed E-state index contributed by atoms with van der Waals surface area (Å²) in [7, 11) is 4.52. The minimum absolute atomic E-state index is 0.105. The average Bonchev–Trinajstić information content (AvgIpc) is 2.97. The standard InChI is InChI=1S/C20H17Cl2NO5S/c1-26-15-7-12(8-16(27-2)18(15)28-3)9-17-19(24)23(20(25)29-17)10-11-4-5-13(21)14(22)6-11/h4-9H,10H2,1-3H3/b17-9+. The van der Waals surface area contributed by atoms with E-state index < -0.39 is 0 Å². The van der Waals surface area contributed by atoms with Crippen LogP contribution in [0.2, 0.25) is 10.0 Å². The molecular weight excluding hydrogens is 437 g/mol. The molecule has 1 aliphatic rings. The van der Waals surface area contributed by atoms with Crippen molar-refractivity contribution in [3.63, 3.8) is 0 Å². The molecular formula is C20H17Cl2NO5S. The summed E-state index contributed by atoms with van der Waals surface area (Å²) in [6.45, 7) is 0.105. The van der Waals surface area contributed by atoms with Crippen molar-refractivity contribution in [2.75, 3.05) is 21.3 Å². The summed E-state index contributed by atoms with van der Waals surface area (Å²) in [4.78, 5) is 26.6. The molecule has 3 rings (SSSR count). The predicted molar refractivity (Wildman–Crippen MR) is 114 cm³/mol. The minimum atomic E-state index is -0.389. The maximum atomic E-state index is 12.8. The molecule has 0 aromatic heterocycles. The first-order chi connectivity index (χ1) is 13.9. The van der Waals surface area contributed by atoms with E-state index in [1.165, 1.54) is 21.3 Å². The lowest BCUT2D eigenvalue weighted by atomic mass is 10.1. The molecule has 29 heavy (non-hydrogen) atoms. The average molecular weight is 454 g/mol. The Hall–Kier alpha value is -2.35. The van der Waals surface area contributed by atoms with E-state index in [0.29, 0.717) is 43.3 Å². The largest absolute Gasteiger partial charge is 0.493 e. The van der Waals surface area contributed by atoms with E-state index in [-0.39, 0.29) is 17.7 Å². The highest BCUT2D eigenvalue weighted by Crippen LogP contribution is 2.40. The minimum Gasteiger partial charge on any atom is -0.493 e. The highest BCUT2D eigenvalue weighted by Gasteiger charge is 2.35. The molecule has 2 aromatic rings. The summed E-state index contributed by atoms with van der Waals surface area (Å²) in [5.74, 6) is 0.959. The lowest BCUT2D eigenvalue weighted by Crippen LogP contribution is -2.27. The van der Waals surface area contributed by atoms with E-state index >= 15 is 0 Å². The maximum Gasteiger partial charge on any atom is 0.293 e. The van der Waals surface area contributed by atoms with Gasteiger partial charge in [-0.05, 0) is 53.2 Å². The Morgan fingerprint density at radius 2 is 1.62 bits per heavy atom. The van der Waals surface area contributed by atoms with Gasteiger partial charge >= 0.3 is 0 Å². The fraction of sp³-hybridized carbons (Fsp3) is 0.200. The molecule has 0 aliphatic carbocycles. The first kappa shape index (κ1) is 21.4. The van der Waals surface area contributed by atoms with Crippen LogP contribution in [0.25, 0.3) is 6.08 Å². The van der Waals surface area contributed by atoms with E-state index in [1.807, 2.05) is 0 Å². The molecule has 2 aromatic carbocycles. The normalized spacial score (nSPS) is 15.2. The van der Waals surface area contributed by atoms with Crippen LogP contribution in [0.5, 0.6) is 17.2 Å². The Kier molecular flexibility index (Phi) is 6.62. The summed E-state index contributed by atoms with van der Waals surface area (Å²) in [5.41, 5.74) is 1.34. The number of nitrogens with zero attached hydrogens (tertiary/aromatic N) is 1. The second-order valence-electron chi connectivity index (χ2n) is 5.97. The van der Waals surface area contributed by atoms with Crippen molar-refractivity contribution in [3.05, 3.63) is 56.4 Å². The van der Waals surface area contributed by atoms with Gasteiger partial charge in [0.1, 0.15) is 0 Å². The van der Waals surface area contributed by atoms with E-state index in [0.717, 1.165) is 16.7 Å². The van der Waals surface area contributed by atoms with Gasteiger partial charge in [0.25, 0.3) is 11.1 Å². The van der Waals surface area contributed by atoms with Gasteiger partial charge in [0, 0.05) is 0 Å². The highest BCUT2D eigenvalue weighted by molar-refractivity contribution is 8.18. The molecule has 0 bridgehead atoms. The zero-order chi connectivity index (χ0) is 21.1. The molecule has 152 valence electrons. The first-order valence-electron chi connectivity index (χ1n) is 8.37. The number of halogens is 2. The van der Waals surface area contributed by atoms with Gasteiger partial charge in [-0.1, -0.05) is 29.3 Å². The molecule has 6 nitrogen and oxygen atoms in total. The summed E-state index contributed by atoms with van der Waals surface area (Å²) >= 11 is 12.8. The zero-order valence-corrected chi connectivity index (χ0v) is 18.2. The van der Waals surface area contributed by atoms with Crippen LogP contribution in [0.1, 0.15) is 11.1 Å².